The van der Waals surface area contributed by atoms with E-state index in [1.807, 2.05) is 0 Å². The van der Waals surface area contributed by atoms with Gasteiger partial charge < -0.3 is 24.7 Å². The molecule has 2 heterocycles. The number of nitrogens with one attached hydrogen (secondary N) is 2. The van der Waals surface area contributed by atoms with Crippen LogP contribution in [0.1, 0.15) is 21.6 Å². The predicted molar refractivity (Wildman–Crippen MR) is 182 cm³/mol. The number of halogens is 6. The predicted octanol–water partition coefficient (Wildman–Crippen LogP) is 5.07. The number of carbonyl (C=O) groups is 2. The lowest BCUT2D eigenvalue weighted by Crippen LogP contribution is -2.23. The summed E-state index contributed by atoms with van der Waals surface area (Å²) in [4.78, 5) is 54.8. The van der Waals surface area contributed by atoms with Crippen molar-refractivity contribution in [2.75, 3.05) is 17.6 Å². The average Bonchev–Trinajstić information content (AvgIpc) is 3.51. The van der Waals surface area contributed by atoms with Crippen molar-refractivity contribution in [1.82, 2.24) is 24.9 Å². The summed E-state index contributed by atoms with van der Waals surface area (Å²) in [5.74, 6) is -4.99. The molecule has 0 spiro atoms. The van der Waals surface area contributed by atoms with Gasteiger partial charge in [-0.15, -0.1) is 5.10 Å². The number of hydrogen-bond donors (Lipinski definition) is 6. The highest BCUT2D eigenvalue weighted by molar-refractivity contribution is 7.92. The molecule has 5 aromatic rings. The Morgan fingerprint density at radius 3 is 2.21 bits per heavy atom. The van der Waals surface area contributed by atoms with Gasteiger partial charge in [0.15, 0.2) is 0 Å². The van der Waals surface area contributed by atoms with Crippen molar-refractivity contribution in [3.8, 4) is 11.5 Å². The number of fused-ring (bicyclic) bond motifs is 1. The standard InChI is InChI=1S/C14H7ClF3NO5.C12H9F2N5O2S.C3H8NO5P/c15-10-5-7(14(16,17)18)1-4-12(10)24-8-2-3-11(19(22)23)9(6-8)13(20)21;1-7-5-6-19-11(15-7)16-12(17-19)22(20,21)18-10-8(13)3-2-4-9(10)14;5-3(6)1-4-2-10(7,8)9/h1-6H,(H,20,21);2-6,18H,1H3;4H,1-2H2,(H,5,6)(H2,7,8,9). The second-order valence-electron chi connectivity index (χ2n) is 10.5. The van der Waals surface area contributed by atoms with Gasteiger partial charge in [0.1, 0.15) is 34.4 Å². The molecular weight excluding hydrogens is 832 g/mol. The van der Waals surface area contributed by atoms with E-state index in [0.717, 1.165) is 53.0 Å². The van der Waals surface area contributed by atoms with E-state index in [9.17, 15) is 54.6 Å². The number of nitro benzene ring substituents is 1. The number of aromatic carboxylic acids is 1. The molecule has 0 saturated carbocycles. The maximum atomic E-state index is 13.5. The van der Waals surface area contributed by atoms with Gasteiger partial charge in [0.05, 0.1) is 28.3 Å². The van der Waals surface area contributed by atoms with Crippen LogP contribution < -0.4 is 14.8 Å². The number of aryl methyl sites for hydroxylation is 1. The maximum absolute atomic E-state index is 13.5. The SMILES string of the molecule is Cc1ccn2nc(S(=O)(=O)Nc3c(F)cccc3F)nc2n1.O=C(O)CNCP(=O)(O)O.O=C(O)c1cc(Oc2ccc(C(F)(F)F)cc2Cl)ccc1[N+](=O)[O-]. The number of aromatic nitrogens is 4. The van der Waals surface area contributed by atoms with Crippen LogP contribution in [-0.2, 0) is 25.6 Å². The van der Waals surface area contributed by atoms with Crippen molar-refractivity contribution in [1.29, 1.82) is 0 Å². The van der Waals surface area contributed by atoms with E-state index in [1.54, 1.807) is 17.7 Å². The number of alkyl halides is 3. The number of carboxylic acid groups (broad SMARTS) is 2. The van der Waals surface area contributed by atoms with Crippen LogP contribution in [0.25, 0.3) is 5.78 Å². The zero-order chi connectivity index (χ0) is 42.2. The minimum absolute atomic E-state index is 0.0642. The van der Waals surface area contributed by atoms with E-state index in [4.69, 9.17) is 36.3 Å². The molecule has 0 radical (unpaired) electrons. The van der Waals surface area contributed by atoms with Crippen LogP contribution in [0.5, 0.6) is 11.5 Å². The molecule has 3 aromatic carbocycles. The molecule has 6 N–H and O–H groups in total. The number of nitro groups is 1. The number of nitrogens with zero attached hydrogens (tertiary/aromatic N) is 5. The van der Waals surface area contributed by atoms with Crippen LogP contribution >= 0.6 is 19.2 Å². The molecule has 0 saturated heterocycles. The smallest absolute Gasteiger partial charge is 0.416 e. The van der Waals surface area contributed by atoms with E-state index in [2.05, 4.69) is 20.4 Å². The first-order valence-corrected chi connectivity index (χ1v) is 18.2. The van der Waals surface area contributed by atoms with Crippen molar-refractivity contribution in [3.05, 3.63) is 110 Å². The minimum atomic E-state index is -4.58. The molecule has 0 aliphatic heterocycles. The normalized spacial score (nSPS) is 11.4. The number of sulfonamides is 1. The number of aliphatic carboxylic acids is 1. The van der Waals surface area contributed by atoms with Crippen LogP contribution in [0.15, 0.2) is 72.0 Å². The summed E-state index contributed by atoms with van der Waals surface area (Å²) in [6, 6.07) is 9.87. The number of carboxylic acids is 2. The first-order chi connectivity index (χ1) is 25.9. The average molecular weight is 856 g/mol. The Labute approximate surface area is 314 Å². The molecule has 27 heteroatoms. The van der Waals surface area contributed by atoms with Gasteiger partial charge in [-0.2, -0.15) is 26.6 Å². The van der Waals surface area contributed by atoms with Crippen LogP contribution in [-0.4, -0.2) is 77.7 Å². The third-order valence-electron chi connectivity index (χ3n) is 6.24. The lowest BCUT2D eigenvalue weighted by molar-refractivity contribution is -0.385. The Balaban J connectivity index is 0.000000244. The van der Waals surface area contributed by atoms with Crippen molar-refractivity contribution in [2.45, 2.75) is 18.3 Å². The zero-order valence-electron chi connectivity index (χ0n) is 27.7. The Bertz CT molecular complexity index is 2410. The first-order valence-electron chi connectivity index (χ1n) is 14.6. The quantitative estimate of drug-likeness (QED) is 0.0438. The Hall–Kier alpha value is -5.85. The third-order valence-corrected chi connectivity index (χ3v) is 8.30. The summed E-state index contributed by atoms with van der Waals surface area (Å²) in [5.41, 5.74) is -2.41. The number of ether oxygens (including phenoxy) is 1. The number of anilines is 1. The summed E-state index contributed by atoms with van der Waals surface area (Å²) in [6.45, 7) is 1.26. The fraction of sp³-hybridized carbons (Fsp3) is 0.138. The molecule has 0 amide bonds. The summed E-state index contributed by atoms with van der Waals surface area (Å²) in [6.07, 6.45) is -3.70. The second-order valence-corrected chi connectivity index (χ2v) is 14.2. The van der Waals surface area contributed by atoms with Crippen molar-refractivity contribution in [3.63, 3.8) is 0 Å². The molecular formula is C29H24ClF5N7O12PS. The summed E-state index contributed by atoms with van der Waals surface area (Å²) < 4.78 is 107. The monoisotopic (exact) mass is 855 g/mol. The Morgan fingerprint density at radius 2 is 1.68 bits per heavy atom. The highest BCUT2D eigenvalue weighted by Gasteiger charge is 2.31. The summed E-state index contributed by atoms with van der Waals surface area (Å²) in [5, 5.41) is 32.5. The van der Waals surface area contributed by atoms with Crippen molar-refractivity contribution < 1.29 is 74.2 Å². The van der Waals surface area contributed by atoms with Gasteiger partial charge in [0.2, 0.25) is 0 Å². The molecule has 0 fully saturated rings. The van der Waals surface area contributed by atoms with Gasteiger partial charge in [-0.1, -0.05) is 17.7 Å². The van der Waals surface area contributed by atoms with Gasteiger partial charge in [-0.05, 0) is 49.4 Å². The molecule has 0 atom stereocenters. The number of para-hydroxylation sites is 1. The van der Waals surface area contributed by atoms with Crippen LogP contribution in [0.3, 0.4) is 0 Å². The number of hydrogen-bond acceptors (Lipinski definition) is 12. The lowest BCUT2D eigenvalue weighted by Gasteiger charge is -2.11. The molecule has 0 bridgehead atoms. The first kappa shape index (κ1) is 44.5. The zero-order valence-corrected chi connectivity index (χ0v) is 30.1. The molecule has 0 aliphatic carbocycles. The highest BCUT2D eigenvalue weighted by atomic mass is 35.5. The van der Waals surface area contributed by atoms with Gasteiger partial charge in [0.25, 0.3) is 26.6 Å². The lowest BCUT2D eigenvalue weighted by atomic mass is 10.1. The van der Waals surface area contributed by atoms with E-state index in [0.29, 0.717) is 11.8 Å². The summed E-state index contributed by atoms with van der Waals surface area (Å²) >= 11 is 5.72. The van der Waals surface area contributed by atoms with E-state index in [1.165, 1.54) is 6.20 Å². The van der Waals surface area contributed by atoms with Crippen LogP contribution in [0.4, 0.5) is 33.3 Å². The molecule has 0 unspecified atom stereocenters. The molecule has 2 aromatic heterocycles. The van der Waals surface area contributed by atoms with E-state index >= 15 is 0 Å². The number of benzene rings is 3. The molecule has 300 valence electrons. The Kier molecular flexibility index (Phi) is 14.5. The summed E-state index contributed by atoms with van der Waals surface area (Å²) in [7, 11) is -8.44. The fourth-order valence-corrected chi connectivity index (χ4v) is 5.41. The van der Waals surface area contributed by atoms with Crippen molar-refractivity contribution >= 4 is 58.3 Å². The molecule has 19 nitrogen and oxygen atoms in total. The van der Waals surface area contributed by atoms with Gasteiger partial charge >= 0.3 is 25.7 Å². The fourth-order valence-electron chi connectivity index (χ4n) is 3.84. The van der Waals surface area contributed by atoms with Gasteiger partial charge in [-0.3, -0.25) is 29.5 Å². The minimum Gasteiger partial charge on any atom is -0.480 e. The van der Waals surface area contributed by atoms with Gasteiger partial charge in [-0.25, -0.2) is 23.1 Å². The molecule has 5 rings (SSSR count). The largest absolute Gasteiger partial charge is 0.480 e. The van der Waals surface area contributed by atoms with E-state index in [-0.39, 0.29) is 22.3 Å². The maximum Gasteiger partial charge on any atom is 0.416 e. The topological polar surface area (TPSA) is 286 Å². The highest BCUT2D eigenvalue weighted by Crippen LogP contribution is 2.37. The van der Waals surface area contributed by atoms with Crippen LogP contribution in [0.2, 0.25) is 5.02 Å². The van der Waals surface area contributed by atoms with E-state index < -0.39 is 92.8 Å². The third kappa shape index (κ3) is 12.9. The Morgan fingerprint density at radius 1 is 1.04 bits per heavy atom. The number of rotatable bonds is 11. The second kappa shape index (κ2) is 18.2. The molecule has 0 aliphatic rings. The molecule has 56 heavy (non-hydrogen) atoms. The van der Waals surface area contributed by atoms with Crippen molar-refractivity contribution in [2.24, 2.45) is 0 Å². The van der Waals surface area contributed by atoms with Crippen LogP contribution in [0, 0.1) is 28.7 Å². The van der Waals surface area contributed by atoms with Gasteiger partial charge in [0, 0.05) is 24.0 Å².